The summed E-state index contributed by atoms with van der Waals surface area (Å²) in [6, 6.07) is 21.4. The molecule has 0 aliphatic carbocycles. The number of ether oxygens (including phenoxy) is 2. The molecular formula is C39H44FN3O7S. The van der Waals surface area contributed by atoms with Gasteiger partial charge in [0.15, 0.2) is 10.7 Å². The monoisotopic (exact) mass is 717 g/mol. The van der Waals surface area contributed by atoms with Gasteiger partial charge in [-0.15, -0.1) is 11.3 Å². The van der Waals surface area contributed by atoms with E-state index < -0.39 is 48.6 Å². The van der Waals surface area contributed by atoms with Crippen molar-refractivity contribution in [1.82, 2.24) is 4.98 Å². The average molecular weight is 718 g/mol. The minimum atomic E-state index is -1.38. The highest BCUT2D eigenvalue weighted by Gasteiger charge is 2.48. The molecule has 5 rings (SSSR count). The molecule has 0 bridgehead atoms. The third kappa shape index (κ3) is 9.78. The molecule has 1 aliphatic rings. The van der Waals surface area contributed by atoms with Crippen LogP contribution in [0.4, 0.5) is 15.2 Å². The van der Waals surface area contributed by atoms with Gasteiger partial charge in [-0.1, -0.05) is 48.5 Å². The van der Waals surface area contributed by atoms with Gasteiger partial charge in [0, 0.05) is 37.7 Å². The lowest BCUT2D eigenvalue weighted by atomic mass is 9.78. The Bertz CT molecular complexity index is 1730. The number of rotatable bonds is 18. The first-order chi connectivity index (χ1) is 24.6. The molecule has 0 saturated carbocycles. The average Bonchev–Trinajstić information content (AvgIpc) is 3.65. The van der Waals surface area contributed by atoms with Crippen LogP contribution in [0.5, 0.6) is 0 Å². The topological polar surface area (TPSA) is 138 Å². The Balaban J connectivity index is 1.32. The van der Waals surface area contributed by atoms with Crippen LogP contribution in [0, 0.1) is 11.7 Å². The van der Waals surface area contributed by atoms with Crippen molar-refractivity contribution < 1.29 is 38.5 Å². The molecule has 1 aliphatic heterocycles. The van der Waals surface area contributed by atoms with Crippen LogP contribution in [-0.2, 0) is 36.7 Å². The maximum Gasteiger partial charge on any atom is 0.303 e. The van der Waals surface area contributed by atoms with Crippen LogP contribution in [0.2, 0.25) is 0 Å². The van der Waals surface area contributed by atoms with Crippen molar-refractivity contribution >= 4 is 40.0 Å². The number of nitrogens with one attached hydrogen (secondary N) is 1. The molecule has 0 spiro atoms. The number of hydrogen-bond donors (Lipinski definition) is 3. The van der Waals surface area contributed by atoms with E-state index in [0.29, 0.717) is 24.8 Å². The van der Waals surface area contributed by atoms with Gasteiger partial charge < -0.3 is 29.9 Å². The van der Waals surface area contributed by atoms with E-state index in [1.165, 1.54) is 26.0 Å². The van der Waals surface area contributed by atoms with E-state index in [4.69, 9.17) is 9.47 Å². The predicted molar refractivity (Wildman–Crippen MR) is 193 cm³/mol. The Hall–Kier alpha value is -4.65. The van der Waals surface area contributed by atoms with Crippen molar-refractivity contribution in [3.8, 4) is 0 Å². The van der Waals surface area contributed by atoms with E-state index in [1.807, 2.05) is 53.9 Å². The summed E-state index contributed by atoms with van der Waals surface area (Å²) in [6.07, 6.45) is 4.40. The Morgan fingerprint density at radius 2 is 1.63 bits per heavy atom. The van der Waals surface area contributed by atoms with Crippen molar-refractivity contribution in [2.75, 3.05) is 30.0 Å². The molecule has 1 fully saturated rings. The summed E-state index contributed by atoms with van der Waals surface area (Å²) in [7, 11) is 0. The van der Waals surface area contributed by atoms with Crippen LogP contribution in [0.1, 0.15) is 73.9 Å². The molecule has 10 nitrogen and oxygen atoms in total. The summed E-state index contributed by atoms with van der Waals surface area (Å²) in [4.78, 5) is 43.5. The van der Waals surface area contributed by atoms with Crippen LogP contribution in [-0.4, -0.2) is 58.4 Å². The Labute approximate surface area is 301 Å². The zero-order valence-electron chi connectivity index (χ0n) is 28.8. The van der Waals surface area contributed by atoms with Gasteiger partial charge in [0.1, 0.15) is 11.9 Å². The van der Waals surface area contributed by atoms with E-state index in [0.717, 1.165) is 46.9 Å². The summed E-state index contributed by atoms with van der Waals surface area (Å²) in [5.74, 6) is -1.87. The SMILES string of the molecule is CC(=O)OC(CCC1C(=O)N(c2ccc(CCCNc3nccs3)cc2)C1c1ccc(CCC(CO)(CO)OC(C)=O)cc1)c1ccc(F)cc1. The number of thiazole rings is 1. The summed E-state index contributed by atoms with van der Waals surface area (Å²) < 4.78 is 24.5. The zero-order valence-corrected chi connectivity index (χ0v) is 29.6. The molecule has 51 heavy (non-hydrogen) atoms. The third-order valence-corrected chi connectivity index (χ3v) is 9.93. The maximum absolute atomic E-state index is 13.9. The molecule has 1 amide bonds. The lowest BCUT2D eigenvalue weighted by Gasteiger charge is -2.48. The molecule has 270 valence electrons. The van der Waals surface area contributed by atoms with Crippen LogP contribution >= 0.6 is 11.3 Å². The largest absolute Gasteiger partial charge is 0.458 e. The second-order valence-electron chi connectivity index (χ2n) is 12.9. The molecule has 3 N–H and O–H groups in total. The first-order valence-electron chi connectivity index (χ1n) is 17.1. The molecule has 3 aromatic carbocycles. The summed E-state index contributed by atoms with van der Waals surface area (Å²) in [5.41, 5.74) is 3.04. The smallest absolute Gasteiger partial charge is 0.303 e. The van der Waals surface area contributed by atoms with Gasteiger partial charge in [-0.3, -0.25) is 14.4 Å². The van der Waals surface area contributed by atoms with Gasteiger partial charge in [-0.25, -0.2) is 9.37 Å². The number of nitrogens with zero attached hydrogens (tertiary/aromatic N) is 2. The fraction of sp³-hybridized carbons (Fsp3) is 0.385. The summed E-state index contributed by atoms with van der Waals surface area (Å²) >= 11 is 1.57. The first kappa shape index (κ1) is 37.6. The molecule has 1 saturated heterocycles. The van der Waals surface area contributed by atoms with Gasteiger partial charge in [-0.2, -0.15) is 0 Å². The van der Waals surface area contributed by atoms with Crippen LogP contribution in [0.15, 0.2) is 84.4 Å². The lowest BCUT2D eigenvalue weighted by Crippen LogP contribution is -2.55. The fourth-order valence-corrected chi connectivity index (χ4v) is 7.06. The summed E-state index contributed by atoms with van der Waals surface area (Å²) in [6.45, 7) is 2.36. The second kappa shape index (κ2) is 17.5. The zero-order chi connectivity index (χ0) is 36.4. The molecule has 1 aromatic heterocycles. The Morgan fingerprint density at radius 3 is 2.24 bits per heavy atom. The Morgan fingerprint density at radius 1 is 0.961 bits per heavy atom. The van der Waals surface area contributed by atoms with Crippen molar-refractivity contribution in [3.63, 3.8) is 0 Å². The number of aryl methyl sites for hydroxylation is 2. The molecule has 3 atom stereocenters. The van der Waals surface area contributed by atoms with Crippen LogP contribution < -0.4 is 10.2 Å². The van der Waals surface area contributed by atoms with E-state index in [1.54, 1.807) is 34.6 Å². The number of carbonyl (C=O) groups excluding carboxylic acids is 3. The van der Waals surface area contributed by atoms with Crippen molar-refractivity contribution in [2.45, 2.75) is 70.1 Å². The number of hydrogen-bond acceptors (Lipinski definition) is 10. The van der Waals surface area contributed by atoms with Crippen molar-refractivity contribution in [1.29, 1.82) is 0 Å². The number of β-lactam (4-membered cyclic amide) rings is 1. The highest BCUT2D eigenvalue weighted by atomic mass is 32.1. The number of aliphatic hydroxyl groups is 2. The molecule has 2 heterocycles. The lowest BCUT2D eigenvalue weighted by molar-refractivity contribution is -0.168. The molecule has 12 heteroatoms. The molecule has 0 radical (unpaired) electrons. The van der Waals surface area contributed by atoms with E-state index in [2.05, 4.69) is 10.3 Å². The number of benzene rings is 3. The number of esters is 2. The number of aliphatic hydroxyl groups excluding tert-OH is 2. The highest BCUT2D eigenvalue weighted by Crippen LogP contribution is 2.46. The standard InChI is InChI=1S/C39H44FN3O7S/c1-26(46)49-35(30-11-13-32(40)14-12-30)18-17-34-36(31-9-5-29(6-10-31)19-20-39(24-44,25-45)50-27(2)47)43(37(34)48)33-15-7-28(8-16-33)4-3-21-41-38-42-22-23-51-38/h5-16,22-23,34-36,44-45H,3-4,17-21,24-25H2,1-2H3,(H,41,42). The van der Waals surface area contributed by atoms with Crippen LogP contribution in [0.25, 0.3) is 0 Å². The fourth-order valence-electron chi connectivity index (χ4n) is 6.51. The van der Waals surface area contributed by atoms with Crippen molar-refractivity contribution in [3.05, 3.63) is 112 Å². The normalized spacial score (nSPS) is 16.3. The Kier molecular flexibility index (Phi) is 12.9. The number of amides is 1. The number of anilines is 2. The van der Waals surface area contributed by atoms with Gasteiger partial charge >= 0.3 is 11.9 Å². The second-order valence-corrected chi connectivity index (χ2v) is 13.7. The number of carbonyl (C=O) groups is 3. The molecular weight excluding hydrogens is 674 g/mol. The van der Waals surface area contributed by atoms with Crippen molar-refractivity contribution in [2.24, 2.45) is 5.92 Å². The van der Waals surface area contributed by atoms with Gasteiger partial charge in [0.05, 0.1) is 25.2 Å². The van der Waals surface area contributed by atoms with Crippen LogP contribution in [0.3, 0.4) is 0 Å². The molecule has 3 unspecified atom stereocenters. The van der Waals surface area contributed by atoms with E-state index >= 15 is 0 Å². The van der Waals surface area contributed by atoms with Gasteiger partial charge in [-0.05, 0) is 85.0 Å². The van der Waals surface area contributed by atoms with E-state index in [9.17, 15) is 29.0 Å². The summed E-state index contributed by atoms with van der Waals surface area (Å²) in [5, 5.41) is 25.9. The minimum Gasteiger partial charge on any atom is -0.458 e. The number of aromatic nitrogens is 1. The van der Waals surface area contributed by atoms with Gasteiger partial charge in [0.25, 0.3) is 0 Å². The number of halogens is 1. The quantitative estimate of drug-likeness (QED) is 0.0612. The first-order valence-corrected chi connectivity index (χ1v) is 18.0. The van der Waals surface area contributed by atoms with Gasteiger partial charge in [0.2, 0.25) is 5.91 Å². The molecule has 4 aromatic rings. The highest BCUT2D eigenvalue weighted by molar-refractivity contribution is 7.13. The minimum absolute atomic E-state index is 0.0396. The third-order valence-electron chi connectivity index (χ3n) is 9.20. The maximum atomic E-state index is 13.9. The van der Waals surface area contributed by atoms with E-state index in [-0.39, 0.29) is 18.4 Å². The predicted octanol–water partition coefficient (Wildman–Crippen LogP) is 6.33.